The molecule has 4 aromatic heterocycles. The van der Waals surface area contributed by atoms with E-state index in [2.05, 4.69) is 37.1 Å². The van der Waals surface area contributed by atoms with E-state index in [4.69, 9.17) is 4.42 Å². The maximum Gasteiger partial charge on any atom is 0.228 e. The van der Waals surface area contributed by atoms with Gasteiger partial charge in [-0.3, -0.25) is 0 Å². The van der Waals surface area contributed by atoms with E-state index in [1.807, 2.05) is 48.5 Å². The predicted molar refractivity (Wildman–Crippen MR) is 123 cm³/mol. The topological polar surface area (TPSA) is 97.0 Å². The molecule has 0 bridgehead atoms. The summed E-state index contributed by atoms with van der Waals surface area (Å²) in [7, 11) is 0. The smallest absolute Gasteiger partial charge is 0.228 e. The predicted octanol–water partition coefficient (Wildman–Crippen LogP) is 4.74. The first-order valence-corrected chi connectivity index (χ1v) is 10.7. The van der Waals surface area contributed by atoms with E-state index in [-0.39, 0.29) is 0 Å². The first-order chi connectivity index (χ1) is 15.6. The first kappa shape index (κ1) is 19.9. The molecule has 156 valence electrons. The molecule has 2 N–H and O–H groups in total. The molecular formula is C24H17N5O2S. The number of hydrogen-bond donors (Lipinski definition) is 2. The Morgan fingerprint density at radius 2 is 1.97 bits per heavy atom. The Bertz CT molecular complexity index is 1430. The number of nitrogens with one attached hydrogen (secondary N) is 1. The lowest BCUT2D eigenvalue weighted by atomic mass is 10.1. The third kappa shape index (κ3) is 4.07. The van der Waals surface area contributed by atoms with Gasteiger partial charge in [0.15, 0.2) is 11.4 Å². The number of furan rings is 1. The summed E-state index contributed by atoms with van der Waals surface area (Å²) in [4.78, 5) is 17.3. The third-order valence-electron chi connectivity index (χ3n) is 4.66. The lowest BCUT2D eigenvalue weighted by Gasteiger charge is -2.11. The Morgan fingerprint density at radius 3 is 2.78 bits per heavy atom. The van der Waals surface area contributed by atoms with Gasteiger partial charge in [-0.15, -0.1) is 11.3 Å². The van der Waals surface area contributed by atoms with Crippen molar-refractivity contribution in [1.29, 1.82) is 0 Å². The number of aliphatic hydroxyl groups is 1. The van der Waals surface area contributed by atoms with Crippen LogP contribution in [-0.4, -0.2) is 25.0 Å². The lowest BCUT2D eigenvalue weighted by Crippen LogP contribution is -2.17. The van der Waals surface area contributed by atoms with Crippen LogP contribution in [0.4, 0.5) is 11.8 Å². The molecule has 0 saturated carbocycles. The average molecular weight is 440 g/mol. The normalized spacial score (nSPS) is 12.7. The van der Waals surface area contributed by atoms with E-state index >= 15 is 0 Å². The molecule has 0 fully saturated rings. The summed E-state index contributed by atoms with van der Waals surface area (Å²) in [6, 6.07) is 15.0. The number of hydrogen-bond acceptors (Lipinski definition) is 8. The Labute approximate surface area is 187 Å². The highest BCUT2D eigenvalue weighted by Crippen LogP contribution is 2.30. The van der Waals surface area contributed by atoms with E-state index in [0.29, 0.717) is 33.8 Å². The van der Waals surface area contributed by atoms with Crippen molar-refractivity contribution in [2.45, 2.75) is 12.5 Å². The van der Waals surface area contributed by atoms with Gasteiger partial charge in [0.05, 0.1) is 5.69 Å². The molecule has 0 amide bonds. The molecule has 0 aliphatic heterocycles. The minimum atomic E-state index is -1.35. The minimum Gasteiger partial charge on any atom is -0.447 e. The van der Waals surface area contributed by atoms with Gasteiger partial charge in [-0.2, -0.15) is 0 Å². The number of thiazole rings is 1. The quantitative estimate of drug-likeness (QED) is 0.390. The molecule has 0 radical (unpaired) electrons. The highest BCUT2D eigenvalue weighted by Gasteiger charge is 2.23. The average Bonchev–Trinajstić information content (AvgIpc) is 3.49. The number of fused-ring (bicyclic) bond motifs is 1. The van der Waals surface area contributed by atoms with E-state index in [0.717, 1.165) is 10.9 Å². The maximum absolute atomic E-state index is 10.6. The number of aromatic nitrogens is 4. The number of rotatable bonds is 4. The fourth-order valence-corrected chi connectivity index (χ4v) is 3.80. The number of benzene rings is 1. The monoisotopic (exact) mass is 439 g/mol. The van der Waals surface area contributed by atoms with E-state index in [1.165, 1.54) is 11.3 Å². The molecule has 7 nitrogen and oxygen atoms in total. The van der Waals surface area contributed by atoms with Crippen LogP contribution in [0.3, 0.4) is 0 Å². The van der Waals surface area contributed by atoms with E-state index in [1.54, 1.807) is 30.9 Å². The van der Waals surface area contributed by atoms with Crippen LogP contribution < -0.4 is 5.32 Å². The molecule has 32 heavy (non-hydrogen) atoms. The molecule has 0 spiro atoms. The van der Waals surface area contributed by atoms with Crippen LogP contribution in [-0.2, 0) is 5.60 Å². The summed E-state index contributed by atoms with van der Waals surface area (Å²) in [5, 5.41) is 16.9. The fraction of sp³-hybridized carbons (Fsp3) is 0.0833. The molecule has 1 unspecified atom stereocenters. The zero-order valence-corrected chi connectivity index (χ0v) is 17.8. The molecule has 0 saturated heterocycles. The molecule has 1 atom stereocenters. The van der Waals surface area contributed by atoms with Crippen LogP contribution >= 0.6 is 11.3 Å². The van der Waals surface area contributed by atoms with Crippen molar-refractivity contribution >= 4 is 34.1 Å². The standard InChI is InChI=1S/C24H17N5O2S/c1-24(30,22-26-13-14-32-22)10-8-17-15-16-5-4-6-18(21(16)31-17)19-9-12-27-23(28-19)29-20-7-2-3-11-25-20/h2-7,9,11-15,30H,1H3,(H,25,27,28,29). The van der Waals surface area contributed by atoms with Crippen molar-refractivity contribution < 1.29 is 9.52 Å². The van der Waals surface area contributed by atoms with Crippen molar-refractivity contribution in [3.8, 4) is 23.1 Å². The van der Waals surface area contributed by atoms with Gasteiger partial charge in [0.25, 0.3) is 0 Å². The molecule has 8 heteroatoms. The van der Waals surface area contributed by atoms with Gasteiger partial charge >= 0.3 is 0 Å². The van der Waals surface area contributed by atoms with Crippen LogP contribution in [0.1, 0.15) is 17.7 Å². The van der Waals surface area contributed by atoms with Crippen molar-refractivity contribution in [2.24, 2.45) is 0 Å². The number of pyridine rings is 1. The molecule has 0 aliphatic rings. The molecular weight excluding hydrogens is 422 g/mol. The maximum atomic E-state index is 10.6. The van der Waals surface area contributed by atoms with Crippen LogP contribution in [0, 0.1) is 11.8 Å². The summed E-state index contributed by atoms with van der Waals surface area (Å²) in [5.74, 6) is 7.33. The molecule has 5 rings (SSSR count). The highest BCUT2D eigenvalue weighted by molar-refractivity contribution is 7.09. The van der Waals surface area contributed by atoms with Crippen molar-refractivity contribution in [3.63, 3.8) is 0 Å². The first-order valence-electron chi connectivity index (χ1n) is 9.78. The number of para-hydroxylation sites is 1. The SMILES string of the molecule is CC(O)(C#Cc1cc2cccc(-c3ccnc(Nc4ccccn4)n3)c2o1)c1nccs1. The summed E-state index contributed by atoms with van der Waals surface area (Å²) in [6.45, 7) is 1.62. The van der Waals surface area contributed by atoms with Gasteiger partial charge in [-0.1, -0.05) is 24.1 Å². The van der Waals surface area contributed by atoms with Gasteiger partial charge in [0, 0.05) is 41.0 Å². The Balaban J connectivity index is 1.48. The number of nitrogens with zero attached hydrogens (tertiary/aromatic N) is 4. The Morgan fingerprint density at radius 1 is 1.03 bits per heavy atom. The second kappa shape index (κ2) is 8.23. The zero-order valence-electron chi connectivity index (χ0n) is 17.0. The van der Waals surface area contributed by atoms with Crippen LogP contribution in [0.2, 0.25) is 0 Å². The van der Waals surface area contributed by atoms with E-state index < -0.39 is 5.60 Å². The number of anilines is 2. The Hall–Kier alpha value is -4.06. The molecule has 5 aromatic rings. The molecule has 0 aliphatic carbocycles. The van der Waals surface area contributed by atoms with Gasteiger partial charge < -0.3 is 14.8 Å². The fourth-order valence-electron chi connectivity index (χ4n) is 3.15. The second-order valence-electron chi connectivity index (χ2n) is 7.10. The summed E-state index contributed by atoms with van der Waals surface area (Å²) >= 11 is 1.35. The van der Waals surface area contributed by atoms with Gasteiger partial charge in [-0.25, -0.2) is 19.9 Å². The third-order valence-corrected chi connectivity index (χ3v) is 5.64. The highest BCUT2D eigenvalue weighted by atomic mass is 32.1. The van der Waals surface area contributed by atoms with Gasteiger partial charge in [0.2, 0.25) is 5.95 Å². The van der Waals surface area contributed by atoms with Gasteiger partial charge in [0.1, 0.15) is 16.4 Å². The van der Waals surface area contributed by atoms with Crippen LogP contribution in [0.25, 0.3) is 22.2 Å². The summed E-state index contributed by atoms with van der Waals surface area (Å²) in [6.07, 6.45) is 5.02. The summed E-state index contributed by atoms with van der Waals surface area (Å²) < 4.78 is 6.03. The summed E-state index contributed by atoms with van der Waals surface area (Å²) in [5.41, 5.74) is 0.823. The lowest BCUT2D eigenvalue weighted by molar-refractivity contribution is 0.121. The second-order valence-corrected chi connectivity index (χ2v) is 7.99. The molecule has 4 heterocycles. The molecule has 1 aromatic carbocycles. The zero-order chi connectivity index (χ0) is 22.0. The van der Waals surface area contributed by atoms with Crippen molar-refractivity contribution in [2.75, 3.05) is 5.32 Å². The Kier molecular flexibility index (Phi) is 5.11. The largest absolute Gasteiger partial charge is 0.447 e. The minimum absolute atomic E-state index is 0.435. The van der Waals surface area contributed by atoms with Gasteiger partial charge in [-0.05, 0) is 37.1 Å². The van der Waals surface area contributed by atoms with Crippen LogP contribution in [0.15, 0.2) is 76.9 Å². The van der Waals surface area contributed by atoms with Crippen LogP contribution in [0.5, 0.6) is 0 Å². The van der Waals surface area contributed by atoms with Crippen molar-refractivity contribution in [3.05, 3.63) is 83.3 Å². The van der Waals surface area contributed by atoms with Crippen molar-refractivity contribution in [1.82, 2.24) is 19.9 Å². The van der Waals surface area contributed by atoms with E-state index in [9.17, 15) is 5.11 Å².